The highest BCUT2D eigenvalue weighted by molar-refractivity contribution is 9.10. The second kappa shape index (κ2) is 8.59. The van der Waals surface area contributed by atoms with E-state index in [-0.39, 0.29) is 5.60 Å². The monoisotopic (exact) mass is 550 g/mol. The van der Waals surface area contributed by atoms with Gasteiger partial charge in [0, 0.05) is 16.1 Å². The third kappa shape index (κ3) is 6.01. The highest BCUT2D eigenvalue weighted by atomic mass is 79.9. The number of aliphatic hydroxyl groups is 1. The first-order chi connectivity index (χ1) is 14.2. The van der Waals surface area contributed by atoms with E-state index in [4.69, 9.17) is 4.74 Å². The molecule has 2 saturated carbocycles. The van der Waals surface area contributed by atoms with E-state index >= 15 is 0 Å². The molecule has 2 aliphatic rings. The van der Waals surface area contributed by atoms with Crippen molar-refractivity contribution < 1.29 is 9.84 Å². The second-order valence-electron chi connectivity index (χ2n) is 10.9. The van der Waals surface area contributed by atoms with Gasteiger partial charge in [-0.2, -0.15) is 0 Å². The predicted octanol–water partition coefficient (Wildman–Crippen LogP) is 8.11. The minimum Gasteiger partial charge on any atom is -0.386 e. The normalized spacial score (nSPS) is 18.8. The minimum atomic E-state index is -0.760. The molecule has 0 radical (unpaired) electrons. The van der Waals surface area contributed by atoms with E-state index in [1.807, 2.05) is 19.9 Å². The summed E-state index contributed by atoms with van der Waals surface area (Å²) in [6.07, 6.45) is 5.12. The van der Waals surface area contributed by atoms with E-state index in [9.17, 15) is 5.11 Å². The standard InChI is InChI=1S/C14H19BrO.C13H17BrO/c1-13(2,16-4)10-7-11(9-12(15)8-10)14(3)5-6-14;1-12(2,15)9-6-10(8-11(14)7-9)13(3)4-5-13/h7-9H,5-6H2,1-4H3;6-8,15H,4-5H2,1-3H3. The summed E-state index contributed by atoms with van der Waals surface area (Å²) in [6.45, 7) is 12.5. The van der Waals surface area contributed by atoms with Gasteiger partial charge in [0.15, 0.2) is 0 Å². The Morgan fingerprint density at radius 1 is 0.742 bits per heavy atom. The number of ether oxygens (including phenoxy) is 1. The average molecular weight is 552 g/mol. The first-order valence-electron chi connectivity index (χ1n) is 11.1. The van der Waals surface area contributed by atoms with Gasteiger partial charge in [0.05, 0.1) is 11.2 Å². The Bertz CT molecular complexity index is 925. The first-order valence-corrected chi connectivity index (χ1v) is 12.7. The Morgan fingerprint density at radius 3 is 1.48 bits per heavy atom. The summed E-state index contributed by atoms with van der Waals surface area (Å²) >= 11 is 7.11. The van der Waals surface area contributed by atoms with E-state index in [0.29, 0.717) is 10.8 Å². The number of benzene rings is 2. The van der Waals surface area contributed by atoms with Gasteiger partial charge in [-0.1, -0.05) is 57.8 Å². The Labute approximate surface area is 205 Å². The van der Waals surface area contributed by atoms with Crippen LogP contribution in [-0.2, 0) is 26.8 Å². The SMILES string of the molecule is CC(C)(O)c1cc(Br)cc(C2(C)CC2)c1.COC(C)(C)c1cc(Br)cc(C2(C)CC2)c1. The van der Waals surface area contributed by atoms with Gasteiger partial charge in [0.1, 0.15) is 0 Å². The quantitative estimate of drug-likeness (QED) is 0.406. The fourth-order valence-corrected chi connectivity index (χ4v) is 4.63. The molecule has 4 heteroatoms. The Balaban J connectivity index is 0.000000176. The van der Waals surface area contributed by atoms with Crippen molar-refractivity contribution in [1.82, 2.24) is 0 Å². The van der Waals surface area contributed by atoms with Gasteiger partial charge >= 0.3 is 0 Å². The second-order valence-corrected chi connectivity index (χ2v) is 12.7. The first kappa shape index (κ1) is 25.0. The topological polar surface area (TPSA) is 29.5 Å². The summed E-state index contributed by atoms with van der Waals surface area (Å²) in [6, 6.07) is 13.0. The fraction of sp³-hybridized carbons (Fsp3) is 0.556. The zero-order chi connectivity index (χ0) is 23.2. The molecule has 2 aromatic carbocycles. The number of halogens is 2. The lowest BCUT2D eigenvalue weighted by Crippen LogP contribution is -2.20. The average Bonchev–Trinajstić information content (AvgIpc) is 3.60. The molecule has 2 fully saturated rings. The summed E-state index contributed by atoms with van der Waals surface area (Å²) in [5.74, 6) is 0. The number of hydrogen-bond donors (Lipinski definition) is 1. The molecule has 0 bridgehead atoms. The molecule has 2 nitrogen and oxygen atoms in total. The molecule has 1 N–H and O–H groups in total. The lowest BCUT2D eigenvalue weighted by Gasteiger charge is -2.25. The summed E-state index contributed by atoms with van der Waals surface area (Å²) in [7, 11) is 1.76. The van der Waals surface area contributed by atoms with E-state index in [1.54, 1.807) is 7.11 Å². The fourth-order valence-electron chi connectivity index (χ4n) is 3.65. The molecule has 0 atom stereocenters. The van der Waals surface area contributed by atoms with Crippen LogP contribution in [0.1, 0.15) is 89.5 Å². The van der Waals surface area contributed by atoms with Crippen LogP contribution in [0.4, 0.5) is 0 Å². The Hall–Kier alpha value is -0.680. The lowest BCUT2D eigenvalue weighted by molar-refractivity contribution is 0.0191. The number of rotatable bonds is 5. The molecule has 170 valence electrons. The van der Waals surface area contributed by atoms with Gasteiger partial charge in [0.25, 0.3) is 0 Å². The molecular formula is C27H36Br2O2. The summed E-state index contributed by atoms with van der Waals surface area (Å²) in [4.78, 5) is 0. The molecule has 0 spiro atoms. The zero-order valence-electron chi connectivity index (χ0n) is 19.9. The maximum atomic E-state index is 10.0. The maximum Gasteiger partial charge on any atom is 0.0872 e. The third-order valence-corrected chi connectivity index (χ3v) is 8.02. The van der Waals surface area contributed by atoms with Crippen LogP contribution in [-0.4, -0.2) is 12.2 Å². The molecule has 4 rings (SSSR count). The van der Waals surface area contributed by atoms with Gasteiger partial charge in [0.2, 0.25) is 0 Å². The summed E-state index contributed by atoms with van der Waals surface area (Å²) in [5, 5.41) is 10.0. The summed E-state index contributed by atoms with van der Waals surface area (Å²) in [5.41, 5.74) is 4.78. The van der Waals surface area contributed by atoms with Crippen molar-refractivity contribution in [2.24, 2.45) is 0 Å². The summed E-state index contributed by atoms with van der Waals surface area (Å²) < 4.78 is 7.76. The van der Waals surface area contributed by atoms with Crippen LogP contribution in [0.2, 0.25) is 0 Å². The van der Waals surface area contributed by atoms with Crippen molar-refractivity contribution in [2.75, 3.05) is 7.11 Å². The van der Waals surface area contributed by atoms with Crippen LogP contribution in [0.15, 0.2) is 45.3 Å². The van der Waals surface area contributed by atoms with Crippen molar-refractivity contribution >= 4 is 31.9 Å². The maximum absolute atomic E-state index is 10.0. The van der Waals surface area contributed by atoms with Crippen molar-refractivity contribution in [3.63, 3.8) is 0 Å². The number of hydrogen-bond acceptors (Lipinski definition) is 2. The molecule has 0 aromatic heterocycles. The molecule has 2 aromatic rings. The highest BCUT2D eigenvalue weighted by Crippen LogP contribution is 2.49. The van der Waals surface area contributed by atoms with Crippen molar-refractivity contribution in [3.8, 4) is 0 Å². The van der Waals surface area contributed by atoms with Crippen LogP contribution >= 0.6 is 31.9 Å². The van der Waals surface area contributed by atoms with E-state index in [0.717, 1.165) is 14.5 Å². The molecule has 2 aliphatic carbocycles. The highest BCUT2D eigenvalue weighted by Gasteiger charge is 2.40. The Morgan fingerprint density at radius 2 is 1.13 bits per heavy atom. The van der Waals surface area contributed by atoms with Gasteiger partial charge in [-0.05, 0) is 111 Å². The third-order valence-electron chi connectivity index (χ3n) is 7.10. The van der Waals surface area contributed by atoms with Gasteiger partial charge in [-0.3, -0.25) is 0 Å². The molecule has 0 unspecified atom stereocenters. The lowest BCUT2D eigenvalue weighted by atomic mass is 9.91. The van der Waals surface area contributed by atoms with Crippen LogP contribution in [0.3, 0.4) is 0 Å². The molecule has 0 aliphatic heterocycles. The Kier molecular flexibility index (Phi) is 6.91. The minimum absolute atomic E-state index is 0.218. The molecule has 31 heavy (non-hydrogen) atoms. The van der Waals surface area contributed by atoms with E-state index < -0.39 is 5.60 Å². The van der Waals surface area contributed by atoms with Crippen LogP contribution in [0.25, 0.3) is 0 Å². The van der Waals surface area contributed by atoms with Crippen LogP contribution < -0.4 is 0 Å². The van der Waals surface area contributed by atoms with Crippen molar-refractivity contribution in [2.45, 2.75) is 89.3 Å². The number of methoxy groups -OCH3 is 1. The van der Waals surface area contributed by atoms with Crippen molar-refractivity contribution in [3.05, 3.63) is 67.6 Å². The van der Waals surface area contributed by atoms with Gasteiger partial charge < -0.3 is 9.84 Å². The van der Waals surface area contributed by atoms with Crippen LogP contribution in [0.5, 0.6) is 0 Å². The predicted molar refractivity (Wildman–Crippen MR) is 137 cm³/mol. The molecule has 0 heterocycles. The van der Waals surface area contributed by atoms with Gasteiger partial charge in [-0.15, -0.1) is 0 Å². The van der Waals surface area contributed by atoms with Crippen LogP contribution in [0, 0.1) is 0 Å². The molecule has 0 amide bonds. The smallest absolute Gasteiger partial charge is 0.0872 e. The van der Waals surface area contributed by atoms with Gasteiger partial charge in [-0.25, -0.2) is 0 Å². The molecular weight excluding hydrogens is 516 g/mol. The zero-order valence-corrected chi connectivity index (χ0v) is 23.1. The van der Waals surface area contributed by atoms with E-state index in [2.05, 4.69) is 89.9 Å². The largest absolute Gasteiger partial charge is 0.386 e. The molecule has 0 saturated heterocycles. The van der Waals surface area contributed by atoms with E-state index in [1.165, 1.54) is 42.4 Å². The van der Waals surface area contributed by atoms with Crippen molar-refractivity contribution in [1.29, 1.82) is 0 Å².